The summed E-state index contributed by atoms with van der Waals surface area (Å²) in [6.07, 6.45) is 1.49. The van der Waals surface area contributed by atoms with E-state index in [9.17, 15) is 24.0 Å². The summed E-state index contributed by atoms with van der Waals surface area (Å²) in [6.45, 7) is 3.31. The van der Waals surface area contributed by atoms with E-state index in [4.69, 9.17) is 14.2 Å². The number of amides is 4. The van der Waals surface area contributed by atoms with Gasteiger partial charge in [-0.05, 0) is 74.0 Å². The molecule has 0 spiro atoms. The number of benzene rings is 4. The fraction of sp³-hybridized carbons (Fsp3) is 0.146. The third-order valence-electron chi connectivity index (χ3n) is 8.05. The Labute approximate surface area is 326 Å². The van der Waals surface area contributed by atoms with Gasteiger partial charge in [-0.1, -0.05) is 54.6 Å². The lowest BCUT2D eigenvalue weighted by atomic mass is 10.1. The van der Waals surface area contributed by atoms with Crippen LogP contribution in [0, 0.1) is 6.92 Å². The molecule has 1 aromatic heterocycles. The van der Waals surface area contributed by atoms with Gasteiger partial charge in [-0.3, -0.25) is 19.2 Å². The Morgan fingerprint density at radius 2 is 1.42 bits per heavy atom. The molecule has 4 aromatic carbocycles. The number of rotatable bonds is 14. The highest BCUT2D eigenvalue weighted by molar-refractivity contribution is 8.00. The molecule has 4 amide bonds. The van der Waals surface area contributed by atoms with Crippen molar-refractivity contribution in [2.75, 3.05) is 37.3 Å². The summed E-state index contributed by atoms with van der Waals surface area (Å²) in [5, 5.41) is 10.7. The number of thioether (sulfide) groups is 1. The molecule has 0 saturated heterocycles. The van der Waals surface area contributed by atoms with E-state index >= 15 is 0 Å². The second-order valence-electron chi connectivity index (χ2n) is 11.8. The van der Waals surface area contributed by atoms with Crippen molar-refractivity contribution in [1.29, 1.82) is 0 Å². The van der Waals surface area contributed by atoms with Gasteiger partial charge in [-0.15, -0.1) is 23.1 Å². The first kappa shape index (κ1) is 39.8. The van der Waals surface area contributed by atoms with Crippen molar-refractivity contribution in [3.63, 3.8) is 0 Å². The summed E-state index contributed by atoms with van der Waals surface area (Å²) in [6, 6.07) is 29.4. The number of esters is 1. The number of carbonyl (C=O) groups is 5. The van der Waals surface area contributed by atoms with Crippen molar-refractivity contribution in [3.8, 4) is 11.5 Å². The van der Waals surface area contributed by atoms with Crippen LogP contribution < -0.4 is 30.7 Å². The van der Waals surface area contributed by atoms with Crippen molar-refractivity contribution >= 4 is 75.1 Å². The van der Waals surface area contributed by atoms with E-state index in [1.807, 2.05) is 6.07 Å². The van der Waals surface area contributed by atoms with E-state index < -0.39 is 34.8 Å². The van der Waals surface area contributed by atoms with Gasteiger partial charge in [-0.2, -0.15) is 0 Å². The van der Waals surface area contributed by atoms with Crippen LogP contribution in [0.5, 0.6) is 11.5 Å². The minimum atomic E-state index is -0.690. The van der Waals surface area contributed by atoms with Crippen molar-refractivity contribution in [1.82, 2.24) is 5.32 Å². The molecule has 4 N–H and O–H groups in total. The highest BCUT2D eigenvalue weighted by Crippen LogP contribution is 2.36. The first-order chi connectivity index (χ1) is 26.5. The standard InChI is InChI=1S/C41H38N4O8S2/c1-24-33(41(50)53-5)40(55-35(24)39(49)42-28-17-10-7-11-18-28)45-36(46)25(2)54-30-20-13-19-29(23-30)43-38(48)31(44-37(47)26-14-8-6-9-15-26)22-27-16-12-21-32(51-3)34(27)52-4/h6-23,25H,1-5H3,(H,42,49)(H,43,48)(H,44,47)(H,45,46)/b31-22+. The highest BCUT2D eigenvalue weighted by Gasteiger charge is 2.28. The van der Waals surface area contributed by atoms with E-state index in [1.54, 1.807) is 111 Å². The third kappa shape index (κ3) is 9.99. The summed E-state index contributed by atoms with van der Waals surface area (Å²) >= 11 is 2.19. The number of carbonyl (C=O) groups excluding carboxylic acids is 5. The average molecular weight is 779 g/mol. The Bertz CT molecular complexity index is 2240. The van der Waals surface area contributed by atoms with Crippen LogP contribution in [0.1, 0.15) is 48.4 Å². The summed E-state index contributed by atoms with van der Waals surface area (Å²) < 4.78 is 15.9. The first-order valence-electron chi connectivity index (χ1n) is 16.8. The summed E-state index contributed by atoms with van der Waals surface area (Å²) in [5.41, 5.74) is 2.23. The lowest BCUT2D eigenvalue weighted by Crippen LogP contribution is -2.30. The fourth-order valence-electron chi connectivity index (χ4n) is 5.32. The van der Waals surface area contributed by atoms with Crippen LogP contribution in [0.3, 0.4) is 0 Å². The van der Waals surface area contributed by atoms with Gasteiger partial charge in [0, 0.05) is 27.4 Å². The smallest absolute Gasteiger partial charge is 0.341 e. The molecule has 14 heteroatoms. The topological polar surface area (TPSA) is 161 Å². The lowest BCUT2D eigenvalue weighted by Gasteiger charge is -2.15. The van der Waals surface area contributed by atoms with Crippen molar-refractivity contribution in [3.05, 3.63) is 136 Å². The molecule has 0 fully saturated rings. The zero-order chi connectivity index (χ0) is 39.5. The number of methoxy groups -OCH3 is 3. The van der Waals surface area contributed by atoms with Crippen molar-refractivity contribution < 1.29 is 38.2 Å². The predicted molar refractivity (Wildman–Crippen MR) is 215 cm³/mol. The van der Waals surface area contributed by atoms with E-state index in [0.717, 1.165) is 11.3 Å². The van der Waals surface area contributed by atoms with Gasteiger partial charge in [0.15, 0.2) is 11.5 Å². The number of hydrogen-bond donors (Lipinski definition) is 4. The molecule has 55 heavy (non-hydrogen) atoms. The average Bonchev–Trinajstić information content (AvgIpc) is 3.52. The molecule has 5 aromatic rings. The van der Waals surface area contributed by atoms with Crippen LogP contribution in [-0.2, 0) is 14.3 Å². The number of hydrogen-bond acceptors (Lipinski definition) is 10. The molecule has 282 valence electrons. The molecule has 0 aliphatic heterocycles. The Kier molecular flexibility index (Phi) is 13.5. The van der Waals surface area contributed by atoms with Gasteiger partial charge in [0.05, 0.1) is 37.0 Å². The van der Waals surface area contributed by atoms with Gasteiger partial charge in [-0.25, -0.2) is 4.79 Å². The molecule has 12 nitrogen and oxygen atoms in total. The van der Waals surface area contributed by atoms with E-state index in [0.29, 0.717) is 44.5 Å². The highest BCUT2D eigenvalue weighted by atomic mass is 32.2. The molecule has 0 aliphatic rings. The Morgan fingerprint density at radius 1 is 0.745 bits per heavy atom. The number of nitrogens with one attached hydrogen (secondary N) is 4. The molecule has 0 aliphatic carbocycles. The van der Waals surface area contributed by atoms with Gasteiger partial charge in [0.2, 0.25) is 5.91 Å². The first-order valence-corrected chi connectivity index (χ1v) is 18.5. The Morgan fingerprint density at radius 3 is 2.09 bits per heavy atom. The van der Waals surface area contributed by atoms with Crippen molar-refractivity contribution in [2.45, 2.75) is 24.0 Å². The predicted octanol–water partition coefficient (Wildman–Crippen LogP) is 7.64. The quantitative estimate of drug-likeness (QED) is 0.0505. The van der Waals surface area contributed by atoms with Gasteiger partial charge < -0.3 is 35.5 Å². The molecule has 1 unspecified atom stereocenters. The fourth-order valence-corrected chi connectivity index (χ4v) is 7.34. The van der Waals surface area contributed by atoms with Crippen LogP contribution >= 0.6 is 23.1 Å². The van der Waals surface area contributed by atoms with Crippen LogP contribution in [0.15, 0.2) is 114 Å². The van der Waals surface area contributed by atoms with Crippen LogP contribution in [-0.4, -0.2) is 56.2 Å². The summed E-state index contributed by atoms with van der Waals surface area (Å²) in [5.74, 6) is -1.84. The molecule has 5 rings (SSSR count). The van der Waals surface area contributed by atoms with Crippen LogP contribution in [0.2, 0.25) is 0 Å². The number of ether oxygens (including phenoxy) is 3. The van der Waals surface area contributed by atoms with Crippen LogP contribution in [0.25, 0.3) is 6.08 Å². The Balaban J connectivity index is 1.33. The molecule has 0 radical (unpaired) electrons. The molecular formula is C41H38N4O8S2. The summed E-state index contributed by atoms with van der Waals surface area (Å²) in [4.78, 5) is 67.3. The monoisotopic (exact) mass is 778 g/mol. The van der Waals surface area contributed by atoms with Gasteiger partial charge in [0.1, 0.15) is 10.7 Å². The number of thiophene rings is 1. The number of anilines is 3. The molecule has 0 bridgehead atoms. The second-order valence-corrected chi connectivity index (χ2v) is 14.2. The number of para-hydroxylation sites is 2. The SMILES string of the molecule is COC(=O)c1c(NC(=O)C(C)Sc2cccc(NC(=O)/C(=C\c3cccc(OC)c3OC)NC(=O)c3ccccc3)c2)sc(C(=O)Nc2ccccc2)c1C. The van der Waals surface area contributed by atoms with Gasteiger partial charge in [0.25, 0.3) is 17.7 Å². The largest absolute Gasteiger partial charge is 0.493 e. The maximum Gasteiger partial charge on any atom is 0.341 e. The Hall–Kier alpha value is -6.38. The van der Waals surface area contributed by atoms with E-state index in [2.05, 4.69) is 21.3 Å². The van der Waals surface area contributed by atoms with Crippen molar-refractivity contribution in [2.24, 2.45) is 0 Å². The van der Waals surface area contributed by atoms with Crippen LogP contribution in [0.4, 0.5) is 16.4 Å². The molecule has 1 atom stereocenters. The second kappa shape index (κ2) is 18.6. The maximum absolute atomic E-state index is 13.8. The third-order valence-corrected chi connectivity index (χ3v) is 10.3. The van der Waals surface area contributed by atoms with E-state index in [1.165, 1.54) is 39.2 Å². The molecule has 0 saturated carbocycles. The zero-order valence-corrected chi connectivity index (χ0v) is 32.2. The summed E-state index contributed by atoms with van der Waals surface area (Å²) in [7, 11) is 4.20. The molecule has 1 heterocycles. The molecular weight excluding hydrogens is 741 g/mol. The maximum atomic E-state index is 13.8. The normalized spacial score (nSPS) is 11.5. The minimum Gasteiger partial charge on any atom is -0.493 e. The van der Waals surface area contributed by atoms with Gasteiger partial charge >= 0.3 is 5.97 Å². The lowest BCUT2D eigenvalue weighted by molar-refractivity contribution is -0.115. The van der Waals surface area contributed by atoms with E-state index in [-0.39, 0.29) is 21.1 Å². The minimum absolute atomic E-state index is 0.0596. The zero-order valence-electron chi connectivity index (χ0n) is 30.6.